The van der Waals surface area contributed by atoms with Crippen LogP contribution in [0.25, 0.3) is 10.9 Å². The second-order valence-corrected chi connectivity index (χ2v) is 5.10. The number of anilines is 1. The van der Waals surface area contributed by atoms with Crippen LogP contribution in [0.3, 0.4) is 0 Å². The van der Waals surface area contributed by atoms with Crippen molar-refractivity contribution in [3.8, 4) is 0 Å². The van der Waals surface area contributed by atoms with Gasteiger partial charge in [-0.15, -0.1) is 0 Å². The van der Waals surface area contributed by atoms with Crippen LogP contribution < -0.4 is 4.90 Å². The van der Waals surface area contributed by atoms with Crippen LogP contribution in [0.5, 0.6) is 0 Å². The Morgan fingerprint density at radius 3 is 2.90 bits per heavy atom. The van der Waals surface area contributed by atoms with Gasteiger partial charge in [0.25, 0.3) is 0 Å². The fourth-order valence-corrected chi connectivity index (χ4v) is 2.44. The Morgan fingerprint density at radius 1 is 1.33 bits per heavy atom. The van der Waals surface area contributed by atoms with Crippen molar-refractivity contribution in [2.24, 2.45) is 0 Å². The van der Waals surface area contributed by atoms with Crippen LogP contribution in [0.1, 0.15) is 12.5 Å². The molecule has 5 nitrogen and oxygen atoms in total. The summed E-state index contributed by atoms with van der Waals surface area (Å²) in [4.78, 5) is 17.7. The minimum absolute atomic E-state index is 0.268. The molecule has 0 aliphatic carbocycles. The fourth-order valence-electron chi connectivity index (χ4n) is 2.44. The second kappa shape index (κ2) is 6.10. The van der Waals surface area contributed by atoms with Gasteiger partial charge in [0.15, 0.2) is 0 Å². The molecule has 1 aromatic heterocycles. The third-order valence-corrected chi connectivity index (χ3v) is 3.55. The van der Waals surface area contributed by atoms with Crippen LogP contribution in [-0.2, 0) is 20.9 Å². The van der Waals surface area contributed by atoms with Crippen molar-refractivity contribution in [1.29, 1.82) is 0 Å². The predicted octanol–water partition coefficient (Wildman–Crippen LogP) is 2.13. The van der Waals surface area contributed by atoms with Crippen molar-refractivity contribution >= 4 is 22.6 Å². The van der Waals surface area contributed by atoms with Gasteiger partial charge in [0.05, 0.1) is 30.6 Å². The van der Waals surface area contributed by atoms with E-state index in [2.05, 4.69) is 16.0 Å². The normalized spacial score (nSPS) is 15.2. The molecule has 0 bridgehead atoms. The Labute approximate surface area is 123 Å². The summed E-state index contributed by atoms with van der Waals surface area (Å²) in [5.41, 5.74) is 3.02. The Hall–Kier alpha value is -2.14. The first-order valence-corrected chi connectivity index (χ1v) is 7.07. The molecule has 0 unspecified atom stereocenters. The summed E-state index contributed by atoms with van der Waals surface area (Å²) in [6, 6.07) is 8.05. The number of fused-ring (bicyclic) bond motifs is 1. The molecule has 1 saturated heterocycles. The van der Waals surface area contributed by atoms with Gasteiger partial charge in [-0.1, -0.05) is 6.07 Å². The summed E-state index contributed by atoms with van der Waals surface area (Å²) in [5, 5.41) is 1.06. The number of rotatable bonds is 3. The summed E-state index contributed by atoms with van der Waals surface area (Å²) < 4.78 is 10.4. The van der Waals surface area contributed by atoms with Crippen molar-refractivity contribution in [3.63, 3.8) is 0 Å². The molecule has 0 saturated carbocycles. The SMILES string of the molecule is CC(=O)OCc1ccc2ncc(N3CCOCC3)cc2c1. The number of benzene rings is 1. The summed E-state index contributed by atoms with van der Waals surface area (Å²) in [7, 11) is 0. The Bertz CT molecular complexity index is 651. The zero-order chi connectivity index (χ0) is 14.7. The lowest BCUT2D eigenvalue weighted by Crippen LogP contribution is -2.36. The molecular weight excluding hydrogens is 268 g/mol. The van der Waals surface area contributed by atoms with Crippen molar-refractivity contribution in [2.45, 2.75) is 13.5 Å². The number of aromatic nitrogens is 1. The van der Waals surface area contributed by atoms with E-state index in [1.165, 1.54) is 6.92 Å². The number of esters is 1. The van der Waals surface area contributed by atoms with Crippen molar-refractivity contribution in [2.75, 3.05) is 31.2 Å². The molecule has 0 N–H and O–H groups in total. The summed E-state index contributed by atoms with van der Waals surface area (Å²) in [5.74, 6) is -0.268. The first-order valence-electron chi connectivity index (χ1n) is 7.07. The Morgan fingerprint density at radius 2 is 2.14 bits per heavy atom. The van der Waals surface area contributed by atoms with Crippen molar-refractivity contribution in [3.05, 3.63) is 36.0 Å². The molecule has 2 heterocycles. The quantitative estimate of drug-likeness (QED) is 0.809. The molecule has 5 heteroatoms. The molecule has 3 rings (SSSR count). The maximum atomic E-state index is 10.9. The van der Waals surface area contributed by atoms with Crippen molar-refractivity contribution in [1.82, 2.24) is 4.98 Å². The molecule has 1 aliphatic rings. The van der Waals surface area contributed by atoms with Gasteiger partial charge in [0, 0.05) is 25.4 Å². The molecule has 21 heavy (non-hydrogen) atoms. The number of pyridine rings is 1. The molecule has 1 aromatic carbocycles. The number of carbonyl (C=O) groups excluding carboxylic acids is 1. The minimum Gasteiger partial charge on any atom is -0.461 e. The maximum absolute atomic E-state index is 10.9. The molecule has 0 spiro atoms. The number of hydrogen-bond acceptors (Lipinski definition) is 5. The highest BCUT2D eigenvalue weighted by molar-refractivity contribution is 5.82. The van der Waals surface area contributed by atoms with Crippen LogP contribution in [0.15, 0.2) is 30.5 Å². The molecule has 0 amide bonds. The van der Waals surface area contributed by atoms with E-state index in [4.69, 9.17) is 9.47 Å². The van der Waals surface area contributed by atoms with E-state index in [9.17, 15) is 4.79 Å². The maximum Gasteiger partial charge on any atom is 0.302 e. The number of hydrogen-bond donors (Lipinski definition) is 0. The largest absolute Gasteiger partial charge is 0.461 e. The second-order valence-electron chi connectivity index (χ2n) is 5.10. The predicted molar refractivity (Wildman–Crippen MR) is 80.2 cm³/mol. The minimum atomic E-state index is -0.268. The topological polar surface area (TPSA) is 51.7 Å². The summed E-state index contributed by atoms with van der Waals surface area (Å²) >= 11 is 0. The van der Waals surface area contributed by atoms with Gasteiger partial charge in [0.2, 0.25) is 0 Å². The molecule has 0 atom stereocenters. The van der Waals surface area contributed by atoms with Gasteiger partial charge in [-0.25, -0.2) is 0 Å². The van der Waals surface area contributed by atoms with E-state index in [0.717, 1.165) is 48.5 Å². The number of morpholine rings is 1. The van der Waals surface area contributed by atoms with Gasteiger partial charge in [-0.3, -0.25) is 9.78 Å². The first-order chi connectivity index (χ1) is 10.2. The van der Waals surface area contributed by atoms with Gasteiger partial charge in [-0.2, -0.15) is 0 Å². The zero-order valence-electron chi connectivity index (χ0n) is 12.0. The van der Waals surface area contributed by atoms with Crippen LogP contribution in [0.4, 0.5) is 5.69 Å². The Kier molecular flexibility index (Phi) is 4.01. The van der Waals surface area contributed by atoms with Crippen LogP contribution in [-0.4, -0.2) is 37.3 Å². The molecule has 0 radical (unpaired) electrons. The zero-order valence-corrected chi connectivity index (χ0v) is 12.0. The number of nitrogens with zero attached hydrogens (tertiary/aromatic N) is 2. The fraction of sp³-hybridized carbons (Fsp3) is 0.375. The highest BCUT2D eigenvalue weighted by atomic mass is 16.5. The molecule has 110 valence electrons. The van der Waals surface area contributed by atoms with Gasteiger partial charge in [0.1, 0.15) is 6.61 Å². The number of ether oxygens (including phenoxy) is 2. The molecular formula is C16H18N2O3. The summed E-state index contributed by atoms with van der Waals surface area (Å²) in [6.45, 7) is 5.00. The van der Waals surface area contributed by atoms with E-state index in [1.807, 2.05) is 24.4 Å². The van der Waals surface area contributed by atoms with Crippen LogP contribution in [0.2, 0.25) is 0 Å². The smallest absolute Gasteiger partial charge is 0.302 e. The molecule has 1 aliphatic heterocycles. The first kappa shape index (κ1) is 13.8. The highest BCUT2D eigenvalue weighted by Crippen LogP contribution is 2.22. The van der Waals surface area contributed by atoms with Gasteiger partial charge >= 0.3 is 5.97 Å². The number of carbonyl (C=O) groups is 1. The van der Waals surface area contributed by atoms with E-state index in [0.29, 0.717) is 6.61 Å². The van der Waals surface area contributed by atoms with Gasteiger partial charge in [-0.05, 0) is 23.8 Å². The summed E-state index contributed by atoms with van der Waals surface area (Å²) in [6.07, 6.45) is 1.90. The highest BCUT2D eigenvalue weighted by Gasteiger charge is 2.12. The monoisotopic (exact) mass is 286 g/mol. The Balaban J connectivity index is 1.85. The third kappa shape index (κ3) is 3.31. The standard InChI is InChI=1S/C16H18N2O3/c1-12(19)21-11-13-2-3-16-14(8-13)9-15(10-17-16)18-4-6-20-7-5-18/h2-3,8-10H,4-7,11H2,1H3. The third-order valence-electron chi connectivity index (χ3n) is 3.55. The van der Waals surface area contributed by atoms with Crippen molar-refractivity contribution < 1.29 is 14.3 Å². The lowest BCUT2D eigenvalue weighted by Gasteiger charge is -2.28. The average molecular weight is 286 g/mol. The van der Waals surface area contributed by atoms with E-state index < -0.39 is 0 Å². The van der Waals surface area contributed by atoms with E-state index in [1.54, 1.807) is 0 Å². The lowest BCUT2D eigenvalue weighted by molar-refractivity contribution is -0.142. The van der Waals surface area contributed by atoms with Gasteiger partial charge < -0.3 is 14.4 Å². The van der Waals surface area contributed by atoms with E-state index in [-0.39, 0.29) is 5.97 Å². The van der Waals surface area contributed by atoms with E-state index >= 15 is 0 Å². The molecule has 1 fully saturated rings. The average Bonchev–Trinajstić information content (AvgIpc) is 2.53. The van der Waals surface area contributed by atoms with Crippen LogP contribution in [0, 0.1) is 0 Å². The van der Waals surface area contributed by atoms with Crippen LogP contribution >= 0.6 is 0 Å². The lowest BCUT2D eigenvalue weighted by atomic mass is 10.1. The molecule has 2 aromatic rings.